The number of aliphatic carboxylic acids is 1. The van der Waals surface area contributed by atoms with Gasteiger partial charge in [-0.05, 0) is 42.1 Å². The molecule has 0 spiro atoms. The third-order valence-corrected chi connectivity index (χ3v) is 4.01. The highest BCUT2D eigenvalue weighted by molar-refractivity contribution is 6.18. The van der Waals surface area contributed by atoms with Crippen LogP contribution in [0.15, 0.2) is 60.1 Å². The number of rotatable bonds is 11. The lowest BCUT2D eigenvalue weighted by molar-refractivity contribution is -0.130. The number of aromatic nitrogens is 1. The predicted molar refractivity (Wildman–Crippen MR) is 115 cm³/mol. The van der Waals surface area contributed by atoms with Crippen LogP contribution >= 0.6 is 0 Å². The summed E-state index contributed by atoms with van der Waals surface area (Å²) in [4.78, 5) is 21.5. The van der Waals surface area contributed by atoms with Crippen molar-refractivity contribution in [1.29, 1.82) is 0 Å². The average Bonchev–Trinajstić information content (AvgIpc) is 2.74. The Hall–Kier alpha value is -3.35. The largest absolute Gasteiger partial charge is 0.503 e. The lowest BCUT2D eigenvalue weighted by Crippen LogP contribution is -2.15. The van der Waals surface area contributed by atoms with E-state index >= 15 is 0 Å². The van der Waals surface area contributed by atoms with Crippen LogP contribution in [-0.4, -0.2) is 42.3 Å². The number of carboxylic acid groups (broad SMARTS) is 1. The monoisotopic (exact) mass is 412 g/mol. The van der Waals surface area contributed by atoms with Crippen LogP contribution in [0.1, 0.15) is 37.1 Å². The third kappa shape index (κ3) is 7.24. The van der Waals surface area contributed by atoms with Crippen molar-refractivity contribution in [3.05, 3.63) is 71.7 Å². The van der Waals surface area contributed by atoms with Gasteiger partial charge < -0.3 is 19.4 Å². The number of hydrogen-bond acceptors (Lipinski definition) is 6. The Balaban J connectivity index is 2.18. The van der Waals surface area contributed by atoms with Gasteiger partial charge in [0.25, 0.3) is 5.90 Å². The van der Waals surface area contributed by atoms with Gasteiger partial charge in [-0.25, -0.2) is 4.79 Å². The molecule has 30 heavy (non-hydrogen) atoms. The van der Waals surface area contributed by atoms with E-state index in [-0.39, 0.29) is 17.4 Å². The number of nitrogens with zero attached hydrogens (tertiary/aromatic N) is 2. The molecule has 1 aromatic heterocycles. The van der Waals surface area contributed by atoms with Crippen molar-refractivity contribution in [3.8, 4) is 0 Å². The van der Waals surface area contributed by atoms with E-state index in [1.54, 1.807) is 30.5 Å². The Kier molecular flexibility index (Phi) is 9.37. The first-order valence-electron chi connectivity index (χ1n) is 9.81. The number of carbonyl (C=O) groups is 1. The zero-order chi connectivity index (χ0) is 21.8. The molecule has 0 fully saturated rings. The van der Waals surface area contributed by atoms with Gasteiger partial charge in [0.15, 0.2) is 0 Å². The molecule has 0 amide bonds. The van der Waals surface area contributed by atoms with Crippen LogP contribution in [0, 0.1) is 5.92 Å². The molecule has 0 bridgehead atoms. The normalized spacial score (nSPS) is 12.0. The predicted octanol–water partition coefficient (Wildman–Crippen LogP) is 4.14. The molecule has 0 aliphatic rings. The van der Waals surface area contributed by atoms with E-state index in [1.165, 1.54) is 13.4 Å². The minimum atomic E-state index is -1.11. The summed E-state index contributed by atoms with van der Waals surface area (Å²) >= 11 is 0. The SMILES string of the molecule is COC=C(C(=O)O)c1ccccc1C(=NOCCCc1ccccn1)OCC(C)C. The molecule has 1 aromatic carbocycles. The fourth-order valence-electron chi connectivity index (χ4n) is 2.62. The third-order valence-electron chi connectivity index (χ3n) is 4.01. The van der Waals surface area contributed by atoms with Crippen LogP contribution in [-0.2, 0) is 25.5 Å². The minimum absolute atomic E-state index is 0.00380. The highest BCUT2D eigenvalue weighted by Crippen LogP contribution is 2.22. The number of ether oxygens (including phenoxy) is 2. The molecular weight excluding hydrogens is 384 g/mol. The second-order valence-electron chi connectivity index (χ2n) is 6.98. The molecule has 1 heterocycles. The van der Waals surface area contributed by atoms with Gasteiger partial charge >= 0.3 is 5.97 Å². The first kappa shape index (κ1) is 22.9. The van der Waals surface area contributed by atoms with Crippen LogP contribution in [0.5, 0.6) is 0 Å². The Morgan fingerprint density at radius 1 is 1.17 bits per heavy atom. The van der Waals surface area contributed by atoms with E-state index in [0.717, 1.165) is 18.5 Å². The van der Waals surface area contributed by atoms with Crippen molar-refractivity contribution < 1.29 is 24.2 Å². The van der Waals surface area contributed by atoms with Gasteiger partial charge in [-0.3, -0.25) is 4.98 Å². The zero-order valence-corrected chi connectivity index (χ0v) is 17.6. The number of oxime groups is 1. The van der Waals surface area contributed by atoms with Gasteiger partial charge in [0.1, 0.15) is 12.2 Å². The Morgan fingerprint density at radius 2 is 1.90 bits per heavy atom. The number of aryl methyl sites for hydroxylation is 1. The number of benzene rings is 1. The van der Waals surface area contributed by atoms with Crippen molar-refractivity contribution in [2.45, 2.75) is 26.7 Å². The van der Waals surface area contributed by atoms with Crippen molar-refractivity contribution in [1.82, 2.24) is 4.98 Å². The van der Waals surface area contributed by atoms with Gasteiger partial charge in [-0.2, -0.15) is 0 Å². The van der Waals surface area contributed by atoms with Gasteiger partial charge in [0.2, 0.25) is 0 Å². The van der Waals surface area contributed by atoms with E-state index < -0.39 is 5.97 Å². The molecular formula is C23H28N2O5. The van der Waals surface area contributed by atoms with Gasteiger partial charge in [0.05, 0.1) is 20.0 Å². The summed E-state index contributed by atoms with van der Waals surface area (Å²) in [5, 5.41) is 13.7. The van der Waals surface area contributed by atoms with E-state index in [1.807, 2.05) is 32.0 Å². The molecule has 7 nitrogen and oxygen atoms in total. The second kappa shape index (κ2) is 12.3. The maximum absolute atomic E-state index is 11.7. The summed E-state index contributed by atoms with van der Waals surface area (Å²) in [6, 6.07) is 12.8. The lowest BCUT2D eigenvalue weighted by Gasteiger charge is -2.15. The molecule has 0 unspecified atom stereocenters. The average molecular weight is 412 g/mol. The molecule has 0 aliphatic heterocycles. The van der Waals surface area contributed by atoms with E-state index in [9.17, 15) is 9.90 Å². The van der Waals surface area contributed by atoms with Gasteiger partial charge in [-0.1, -0.05) is 38.1 Å². The van der Waals surface area contributed by atoms with Crippen LogP contribution in [0.2, 0.25) is 0 Å². The van der Waals surface area contributed by atoms with Crippen molar-refractivity contribution in [3.63, 3.8) is 0 Å². The summed E-state index contributed by atoms with van der Waals surface area (Å²) in [6.07, 6.45) is 4.46. The lowest BCUT2D eigenvalue weighted by atomic mass is 10.0. The Labute approximate surface area is 177 Å². The molecule has 2 aromatic rings. The quantitative estimate of drug-likeness (QED) is 0.149. The summed E-state index contributed by atoms with van der Waals surface area (Å²) in [7, 11) is 1.40. The molecule has 0 saturated carbocycles. The molecule has 160 valence electrons. The van der Waals surface area contributed by atoms with Gasteiger partial charge in [-0.15, -0.1) is 0 Å². The van der Waals surface area contributed by atoms with Crippen LogP contribution in [0.4, 0.5) is 0 Å². The zero-order valence-electron chi connectivity index (χ0n) is 17.6. The number of pyridine rings is 1. The molecule has 7 heteroatoms. The fourth-order valence-corrected chi connectivity index (χ4v) is 2.62. The van der Waals surface area contributed by atoms with Crippen molar-refractivity contribution in [2.75, 3.05) is 20.3 Å². The summed E-state index contributed by atoms with van der Waals surface area (Å²) in [6.45, 7) is 4.84. The van der Waals surface area contributed by atoms with E-state index in [2.05, 4.69) is 10.1 Å². The van der Waals surface area contributed by atoms with Crippen molar-refractivity contribution >= 4 is 17.4 Å². The number of carboxylic acids is 1. The highest BCUT2D eigenvalue weighted by atomic mass is 16.6. The molecule has 0 aliphatic carbocycles. The van der Waals surface area contributed by atoms with Crippen LogP contribution in [0.25, 0.3) is 5.57 Å². The molecule has 0 radical (unpaired) electrons. The maximum atomic E-state index is 11.7. The standard InChI is InChI=1S/C23H28N2O5/c1-17(2)15-29-22(25-30-14-8-10-18-9-6-7-13-24-18)20-12-5-4-11-19(20)21(16-28-3)23(26)27/h4-7,9,11-13,16-17H,8,10,14-15H2,1-3H3,(H,26,27). The minimum Gasteiger partial charge on any atom is -0.503 e. The van der Waals surface area contributed by atoms with Crippen LogP contribution in [0.3, 0.4) is 0 Å². The summed E-state index contributed by atoms with van der Waals surface area (Å²) < 4.78 is 10.8. The first-order chi connectivity index (χ1) is 14.5. The Bertz CT molecular complexity index is 863. The molecule has 0 saturated heterocycles. The smallest absolute Gasteiger partial charge is 0.339 e. The molecule has 0 atom stereocenters. The number of hydrogen-bond donors (Lipinski definition) is 1. The molecule has 1 N–H and O–H groups in total. The van der Waals surface area contributed by atoms with E-state index in [4.69, 9.17) is 14.3 Å². The summed E-state index contributed by atoms with van der Waals surface area (Å²) in [5.41, 5.74) is 1.95. The maximum Gasteiger partial charge on any atom is 0.339 e. The first-order valence-corrected chi connectivity index (χ1v) is 9.81. The molecule has 2 rings (SSSR count). The van der Waals surface area contributed by atoms with Crippen molar-refractivity contribution in [2.24, 2.45) is 11.1 Å². The highest BCUT2D eigenvalue weighted by Gasteiger charge is 2.20. The topological polar surface area (TPSA) is 90.2 Å². The number of methoxy groups -OCH3 is 1. The van der Waals surface area contributed by atoms with E-state index in [0.29, 0.717) is 24.3 Å². The fraction of sp³-hybridized carbons (Fsp3) is 0.348. The van der Waals surface area contributed by atoms with Gasteiger partial charge in [0, 0.05) is 23.0 Å². The summed E-state index contributed by atoms with van der Waals surface area (Å²) in [5.74, 6) is -0.607. The second-order valence-corrected chi connectivity index (χ2v) is 6.98. The Morgan fingerprint density at radius 3 is 2.53 bits per heavy atom. The van der Waals surface area contributed by atoms with Crippen LogP contribution < -0.4 is 0 Å².